The average molecular weight is 251 g/mol. The highest BCUT2D eigenvalue weighted by molar-refractivity contribution is 5.91. The molecule has 0 radical (unpaired) electrons. The average Bonchev–Trinajstić information content (AvgIpc) is 2.38. The molecule has 0 saturated carbocycles. The SMILES string of the molecule is C=CCCNC(=O)c1ccc(=O)n(CCOC)n1. The van der Waals surface area contributed by atoms with Crippen LogP contribution < -0.4 is 10.9 Å². The molecule has 1 heterocycles. The van der Waals surface area contributed by atoms with E-state index in [1.807, 2.05) is 0 Å². The van der Waals surface area contributed by atoms with Crippen molar-refractivity contribution in [2.75, 3.05) is 20.3 Å². The van der Waals surface area contributed by atoms with Gasteiger partial charge in [0.05, 0.1) is 13.2 Å². The van der Waals surface area contributed by atoms with E-state index in [4.69, 9.17) is 4.74 Å². The Balaban J connectivity index is 2.74. The summed E-state index contributed by atoms with van der Waals surface area (Å²) >= 11 is 0. The maximum absolute atomic E-state index is 11.7. The van der Waals surface area contributed by atoms with Crippen molar-refractivity contribution in [3.05, 3.63) is 40.8 Å². The Kier molecular flexibility index (Phi) is 5.79. The van der Waals surface area contributed by atoms with Gasteiger partial charge in [-0.1, -0.05) is 6.08 Å². The largest absolute Gasteiger partial charge is 0.383 e. The highest BCUT2D eigenvalue weighted by Gasteiger charge is 2.08. The molecule has 1 N–H and O–H groups in total. The highest BCUT2D eigenvalue weighted by Crippen LogP contribution is 1.91. The molecule has 0 aliphatic carbocycles. The lowest BCUT2D eigenvalue weighted by Crippen LogP contribution is -2.30. The van der Waals surface area contributed by atoms with Gasteiger partial charge >= 0.3 is 0 Å². The van der Waals surface area contributed by atoms with E-state index in [2.05, 4.69) is 17.0 Å². The highest BCUT2D eigenvalue weighted by atomic mass is 16.5. The van der Waals surface area contributed by atoms with Crippen LogP contribution in [0.3, 0.4) is 0 Å². The second-order valence-electron chi connectivity index (χ2n) is 3.61. The fourth-order valence-electron chi connectivity index (χ4n) is 1.29. The number of hydrogen-bond acceptors (Lipinski definition) is 4. The van der Waals surface area contributed by atoms with Gasteiger partial charge in [0.1, 0.15) is 5.69 Å². The molecule has 0 atom stereocenters. The number of methoxy groups -OCH3 is 1. The van der Waals surface area contributed by atoms with Crippen molar-refractivity contribution in [2.24, 2.45) is 0 Å². The summed E-state index contributed by atoms with van der Waals surface area (Å²) in [4.78, 5) is 23.2. The molecule has 0 aliphatic heterocycles. The van der Waals surface area contributed by atoms with Crippen molar-refractivity contribution in [1.82, 2.24) is 15.1 Å². The van der Waals surface area contributed by atoms with Gasteiger partial charge in [-0.15, -0.1) is 6.58 Å². The summed E-state index contributed by atoms with van der Waals surface area (Å²) in [5, 5.41) is 6.66. The molecule has 0 bridgehead atoms. The van der Waals surface area contributed by atoms with Crippen LogP contribution in [-0.2, 0) is 11.3 Å². The van der Waals surface area contributed by atoms with Crippen molar-refractivity contribution < 1.29 is 9.53 Å². The van der Waals surface area contributed by atoms with E-state index in [1.165, 1.54) is 23.9 Å². The summed E-state index contributed by atoms with van der Waals surface area (Å²) in [6.07, 6.45) is 2.41. The minimum atomic E-state index is -0.303. The van der Waals surface area contributed by atoms with Crippen LogP contribution in [0.2, 0.25) is 0 Å². The lowest BCUT2D eigenvalue weighted by atomic mass is 10.3. The summed E-state index contributed by atoms with van der Waals surface area (Å²) < 4.78 is 6.08. The van der Waals surface area contributed by atoms with Crippen LogP contribution in [0.4, 0.5) is 0 Å². The third-order valence-electron chi connectivity index (χ3n) is 2.24. The fourth-order valence-corrected chi connectivity index (χ4v) is 1.29. The number of hydrogen-bond donors (Lipinski definition) is 1. The topological polar surface area (TPSA) is 73.2 Å². The zero-order valence-corrected chi connectivity index (χ0v) is 10.4. The number of carbonyl (C=O) groups is 1. The normalized spacial score (nSPS) is 10.1. The van der Waals surface area contributed by atoms with Gasteiger partial charge in [0.2, 0.25) is 0 Å². The number of carbonyl (C=O) groups excluding carboxylic acids is 1. The second kappa shape index (κ2) is 7.39. The molecule has 0 aliphatic rings. The maximum atomic E-state index is 11.7. The van der Waals surface area contributed by atoms with E-state index < -0.39 is 0 Å². The van der Waals surface area contributed by atoms with Gasteiger partial charge < -0.3 is 10.1 Å². The van der Waals surface area contributed by atoms with E-state index in [0.29, 0.717) is 26.1 Å². The fraction of sp³-hybridized carbons (Fsp3) is 0.417. The number of aromatic nitrogens is 2. The lowest BCUT2D eigenvalue weighted by Gasteiger charge is -2.06. The smallest absolute Gasteiger partial charge is 0.271 e. The Morgan fingerprint density at radius 3 is 3.06 bits per heavy atom. The van der Waals surface area contributed by atoms with Gasteiger partial charge in [-0.25, -0.2) is 4.68 Å². The Morgan fingerprint density at radius 2 is 2.39 bits per heavy atom. The molecule has 0 saturated heterocycles. The predicted octanol–water partition coefficient (Wildman–Crippen LogP) is 0.196. The molecule has 98 valence electrons. The first-order valence-electron chi connectivity index (χ1n) is 5.65. The van der Waals surface area contributed by atoms with Gasteiger partial charge in [0, 0.05) is 19.7 Å². The minimum Gasteiger partial charge on any atom is -0.383 e. The molecule has 0 fully saturated rings. The number of rotatable bonds is 7. The Morgan fingerprint density at radius 1 is 1.61 bits per heavy atom. The molecular weight excluding hydrogens is 234 g/mol. The Labute approximate surface area is 105 Å². The third kappa shape index (κ3) is 4.14. The van der Waals surface area contributed by atoms with Crippen molar-refractivity contribution >= 4 is 5.91 Å². The van der Waals surface area contributed by atoms with E-state index in [-0.39, 0.29) is 17.2 Å². The predicted molar refractivity (Wildman–Crippen MR) is 67.5 cm³/mol. The van der Waals surface area contributed by atoms with Crippen LogP contribution in [0, 0.1) is 0 Å². The van der Waals surface area contributed by atoms with Crippen LogP contribution in [-0.4, -0.2) is 35.9 Å². The summed E-state index contributed by atoms with van der Waals surface area (Å²) in [6.45, 7) is 4.76. The van der Waals surface area contributed by atoms with Gasteiger partial charge in [-0.2, -0.15) is 5.10 Å². The van der Waals surface area contributed by atoms with Crippen molar-refractivity contribution in [3.8, 4) is 0 Å². The molecule has 1 rings (SSSR count). The third-order valence-corrected chi connectivity index (χ3v) is 2.24. The molecule has 1 aromatic heterocycles. The zero-order valence-electron chi connectivity index (χ0n) is 10.4. The van der Waals surface area contributed by atoms with E-state index in [9.17, 15) is 9.59 Å². The van der Waals surface area contributed by atoms with Crippen LogP contribution >= 0.6 is 0 Å². The molecule has 0 unspecified atom stereocenters. The molecule has 6 nitrogen and oxygen atoms in total. The summed E-state index contributed by atoms with van der Waals surface area (Å²) in [6, 6.07) is 2.74. The van der Waals surface area contributed by atoms with Gasteiger partial charge in [-0.3, -0.25) is 9.59 Å². The summed E-state index contributed by atoms with van der Waals surface area (Å²) in [7, 11) is 1.54. The van der Waals surface area contributed by atoms with Gasteiger partial charge in [0.25, 0.3) is 11.5 Å². The van der Waals surface area contributed by atoms with E-state index in [0.717, 1.165) is 0 Å². The number of amides is 1. The molecule has 0 spiro atoms. The van der Waals surface area contributed by atoms with Crippen molar-refractivity contribution in [1.29, 1.82) is 0 Å². The van der Waals surface area contributed by atoms with Crippen LogP contribution in [0.25, 0.3) is 0 Å². The molecule has 1 aromatic rings. The second-order valence-corrected chi connectivity index (χ2v) is 3.61. The maximum Gasteiger partial charge on any atom is 0.271 e. The Hall–Kier alpha value is -1.95. The van der Waals surface area contributed by atoms with Crippen LogP contribution in [0.1, 0.15) is 16.9 Å². The Bertz CT molecular complexity index is 468. The van der Waals surface area contributed by atoms with Gasteiger partial charge in [-0.05, 0) is 12.5 Å². The number of ether oxygens (including phenoxy) is 1. The first kappa shape index (κ1) is 14.1. The van der Waals surface area contributed by atoms with Crippen molar-refractivity contribution in [2.45, 2.75) is 13.0 Å². The number of nitrogens with one attached hydrogen (secondary N) is 1. The molecule has 6 heteroatoms. The molecule has 1 amide bonds. The summed E-state index contributed by atoms with van der Waals surface area (Å²) in [5.74, 6) is -0.303. The van der Waals surface area contributed by atoms with Crippen LogP contribution in [0.5, 0.6) is 0 Å². The summed E-state index contributed by atoms with van der Waals surface area (Å²) in [5.41, 5.74) is -0.0375. The quantitative estimate of drug-likeness (QED) is 0.555. The molecule has 0 aromatic carbocycles. The monoisotopic (exact) mass is 251 g/mol. The minimum absolute atomic E-state index is 0.217. The standard InChI is InChI=1S/C12H17N3O3/c1-3-4-7-13-12(17)10-5-6-11(16)15(14-10)8-9-18-2/h3,5-6H,1,4,7-9H2,2H3,(H,13,17). The molecular formula is C12H17N3O3. The van der Waals surface area contributed by atoms with Gasteiger partial charge in [0.15, 0.2) is 0 Å². The van der Waals surface area contributed by atoms with E-state index >= 15 is 0 Å². The first-order valence-corrected chi connectivity index (χ1v) is 5.65. The lowest BCUT2D eigenvalue weighted by molar-refractivity contribution is 0.0945. The molecule has 18 heavy (non-hydrogen) atoms. The zero-order chi connectivity index (χ0) is 13.4. The van der Waals surface area contributed by atoms with Crippen molar-refractivity contribution in [3.63, 3.8) is 0 Å². The first-order chi connectivity index (χ1) is 8.69. The van der Waals surface area contributed by atoms with Crippen LogP contribution in [0.15, 0.2) is 29.6 Å². The van der Waals surface area contributed by atoms with E-state index in [1.54, 1.807) is 6.08 Å². The number of nitrogens with zero attached hydrogens (tertiary/aromatic N) is 2.